The molecule has 0 aliphatic carbocycles. The molecule has 12 heteroatoms. The molecule has 27 heavy (non-hydrogen) atoms. The van der Waals surface area contributed by atoms with Crippen molar-refractivity contribution >= 4 is 11.9 Å². The summed E-state index contributed by atoms with van der Waals surface area (Å²) in [6, 6.07) is 0. The average molecular weight is 390 g/mol. The van der Waals surface area contributed by atoms with Crippen molar-refractivity contribution in [3.05, 3.63) is 5.82 Å². The maximum absolute atomic E-state index is 5.27. The van der Waals surface area contributed by atoms with Crippen LogP contribution < -0.4 is 9.80 Å². The van der Waals surface area contributed by atoms with Gasteiger partial charge in [-0.15, -0.1) is 0 Å². The third-order valence-corrected chi connectivity index (χ3v) is 3.21. The van der Waals surface area contributed by atoms with Gasteiger partial charge in [-0.1, -0.05) is 0 Å². The van der Waals surface area contributed by atoms with Gasteiger partial charge < -0.3 is 23.7 Å². The Hall–Kier alpha value is -1.67. The van der Waals surface area contributed by atoms with Crippen LogP contribution in [0, 0.1) is 0 Å². The van der Waals surface area contributed by atoms with Crippen molar-refractivity contribution in [3.63, 3.8) is 0 Å². The third kappa shape index (κ3) is 7.84. The van der Waals surface area contributed by atoms with E-state index in [4.69, 9.17) is 28.5 Å². The second-order valence-electron chi connectivity index (χ2n) is 5.34. The second-order valence-corrected chi connectivity index (χ2v) is 5.34. The highest BCUT2D eigenvalue weighted by atomic mass is 16.7. The fourth-order valence-electron chi connectivity index (χ4n) is 2.14. The molecule has 0 bridgehead atoms. The number of hydroxylamine groups is 2. The van der Waals surface area contributed by atoms with Crippen molar-refractivity contribution in [2.24, 2.45) is 0 Å². The molecule has 0 unspecified atom stereocenters. The summed E-state index contributed by atoms with van der Waals surface area (Å²) >= 11 is 0. The molecule has 1 aromatic heterocycles. The molecule has 0 spiro atoms. The topological polar surface area (TPSA) is 104 Å². The lowest BCUT2D eigenvalue weighted by Gasteiger charge is -2.25. The van der Waals surface area contributed by atoms with Crippen LogP contribution in [-0.4, -0.2) is 96.3 Å². The van der Waals surface area contributed by atoms with Crippen LogP contribution in [0.5, 0.6) is 0 Å². The SMILES string of the molecule is COCN(Cc1nc(N(COC)COC)nc(N(COC)COC)n1)OC. The summed E-state index contributed by atoms with van der Waals surface area (Å²) in [5.74, 6) is 1.26. The van der Waals surface area contributed by atoms with Gasteiger partial charge >= 0.3 is 0 Å². The van der Waals surface area contributed by atoms with Crippen LogP contribution in [0.2, 0.25) is 0 Å². The van der Waals surface area contributed by atoms with Crippen molar-refractivity contribution < 1.29 is 28.5 Å². The highest BCUT2D eigenvalue weighted by Crippen LogP contribution is 2.16. The molecule has 156 valence electrons. The zero-order valence-corrected chi connectivity index (χ0v) is 16.9. The van der Waals surface area contributed by atoms with Crippen molar-refractivity contribution in [3.8, 4) is 0 Å². The van der Waals surface area contributed by atoms with Crippen molar-refractivity contribution in [1.82, 2.24) is 20.0 Å². The third-order valence-electron chi connectivity index (χ3n) is 3.21. The van der Waals surface area contributed by atoms with E-state index in [2.05, 4.69) is 15.0 Å². The molecule has 0 fully saturated rings. The largest absolute Gasteiger partial charge is 0.367 e. The first-order valence-corrected chi connectivity index (χ1v) is 8.12. The number of nitrogens with zero attached hydrogens (tertiary/aromatic N) is 6. The fourth-order valence-corrected chi connectivity index (χ4v) is 2.14. The summed E-state index contributed by atoms with van der Waals surface area (Å²) in [6.07, 6.45) is 0. The number of anilines is 2. The molecule has 0 saturated heterocycles. The average Bonchev–Trinajstić information content (AvgIpc) is 2.67. The Morgan fingerprint density at radius 2 is 1.00 bits per heavy atom. The van der Waals surface area contributed by atoms with E-state index in [1.807, 2.05) is 0 Å². The predicted molar refractivity (Wildman–Crippen MR) is 96.7 cm³/mol. The summed E-state index contributed by atoms with van der Waals surface area (Å²) in [5, 5.41) is 1.57. The normalized spacial score (nSPS) is 11.2. The summed E-state index contributed by atoms with van der Waals surface area (Å²) < 4.78 is 26.0. The van der Waals surface area contributed by atoms with E-state index < -0.39 is 0 Å². The first kappa shape index (κ1) is 23.4. The molecular weight excluding hydrogens is 360 g/mol. The molecule has 0 N–H and O–H groups in total. The highest BCUT2D eigenvalue weighted by Gasteiger charge is 2.19. The highest BCUT2D eigenvalue weighted by molar-refractivity contribution is 5.38. The Morgan fingerprint density at radius 3 is 1.33 bits per heavy atom. The van der Waals surface area contributed by atoms with Crippen LogP contribution in [0.4, 0.5) is 11.9 Å². The number of rotatable bonds is 15. The van der Waals surface area contributed by atoms with Crippen LogP contribution in [0.15, 0.2) is 0 Å². The molecule has 1 rings (SSSR count). The second kappa shape index (κ2) is 13.5. The fraction of sp³-hybridized carbons (Fsp3) is 0.800. The summed E-state index contributed by atoms with van der Waals surface area (Å²) in [7, 11) is 9.46. The Bertz CT molecular complexity index is 479. The van der Waals surface area contributed by atoms with Crippen molar-refractivity contribution in [2.75, 3.05) is 86.1 Å². The van der Waals surface area contributed by atoms with Gasteiger partial charge in [0.05, 0.1) is 13.7 Å². The monoisotopic (exact) mass is 390 g/mol. The van der Waals surface area contributed by atoms with Crippen molar-refractivity contribution in [1.29, 1.82) is 0 Å². The van der Waals surface area contributed by atoms with E-state index in [0.29, 0.717) is 17.7 Å². The number of ether oxygens (including phenoxy) is 5. The van der Waals surface area contributed by atoms with Crippen molar-refractivity contribution in [2.45, 2.75) is 6.54 Å². The van der Waals surface area contributed by atoms with Gasteiger partial charge in [0.25, 0.3) is 0 Å². The van der Waals surface area contributed by atoms with E-state index >= 15 is 0 Å². The van der Waals surface area contributed by atoms with Gasteiger partial charge in [-0.3, -0.25) is 14.6 Å². The zero-order chi connectivity index (χ0) is 20.1. The Kier molecular flexibility index (Phi) is 11.7. The molecule has 1 heterocycles. The predicted octanol–water partition coefficient (Wildman–Crippen LogP) is -0.133. The van der Waals surface area contributed by atoms with E-state index in [9.17, 15) is 0 Å². The van der Waals surface area contributed by atoms with Gasteiger partial charge in [-0.25, -0.2) is 0 Å². The first-order valence-electron chi connectivity index (χ1n) is 8.12. The van der Waals surface area contributed by atoms with Crippen LogP contribution in [-0.2, 0) is 35.1 Å². The summed E-state index contributed by atoms with van der Waals surface area (Å²) in [4.78, 5) is 22.2. The molecule has 0 radical (unpaired) electrons. The minimum Gasteiger partial charge on any atom is -0.367 e. The van der Waals surface area contributed by atoms with Gasteiger partial charge in [0.15, 0.2) is 5.82 Å². The maximum atomic E-state index is 5.27. The van der Waals surface area contributed by atoms with Gasteiger partial charge in [0.1, 0.15) is 33.7 Å². The summed E-state index contributed by atoms with van der Waals surface area (Å²) in [5.41, 5.74) is 0. The quantitative estimate of drug-likeness (QED) is 0.294. The standard InChI is InChI=1S/C15H30N6O6/c1-22-8-19(9-23-2)14-16-13(7-21(27-6)12-26-5)17-15(18-14)20(10-24-3)11-25-4/h7-12H2,1-6H3. The Labute approximate surface area is 159 Å². The molecule has 0 saturated carbocycles. The van der Waals surface area contributed by atoms with E-state index in [0.717, 1.165) is 0 Å². The number of hydrogen-bond donors (Lipinski definition) is 0. The molecule has 0 aromatic carbocycles. The summed E-state index contributed by atoms with van der Waals surface area (Å²) in [6.45, 7) is 1.53. The molecule has 0 aliphatic heterocycles. The first-order chi connectivity index (χ1) is 13.1. The lowest BCUT2D eigenvalue weighted by molar-refractivity contribution is -0.189. The number of hydrogen-bond acceptors (Lipinski definition) is 12. The molecule has 1 aromatic rings. The van der Waals surface area contributed by atoms with E-state index in [-0.39, 0.29) is 40.2 Å². The van der Waals surface area contributed by atoms with Crippen LogP contribution >= 0.6 is 0 Å². The molecule has 0 atom stereocenters. The lowest BCUT2D eigenvalue weighted by atomic mass is 10.5. The smallest absolute Gasteiger partial charge is 0.234 e. The molecule has 0 amide bonds. The Balaban J connectivity index is 3.26. The molecule has 0 aliphatic rings. The lowest BCUT2D eigenvalue weighted by Crippen LogP contribution is -2.34. The zero-order valence-electron chi connectivity index (χ0n) is 16.9. The maximum Gasteiger partial charge on any atom is 0.234 e. The minimum absolute atomic E-state index is 0.247. The molecule has 12 nitrogen and oxygen atoms in total. The van der Waals surface area contributed by atoms with Gasteiger partial charge in [-0.05, 0) is 0 Å². The number of aromatic nitrogens is 3. The van der Waals surface area contributed by atoms with Gasteiger partial charge in [0, 0.05) is 35.5 Å². The minimum atomic E-state index is 0.247. The van der Waals surface area contributed by atoms with Gasteiger partial charge in [-0.2, -0.15) is 20.0 Å². The van der Waals surface area contributed by atoms with Crippen LogP contribution in [0.3, 0.4) is 0 Å². The van der Waals surface area contributed by atoms with Crippen LogP contribution in [0.1, 0.15) is 5.82 Å². The van der Waals surface area contributed by atoms with E-state index in [1.54, 1.807) is 57.5 Å². The van der Waals surface area contributed by atoms with E-state index in [1.165, 1.54) is 0 Å². The molecular formula is C15H30N6O6. The number of methoxy groups -OCH3 is 5. The van der Waals surface area contributed by atoms with Gasteiger partial charge in [0.2, 0.25) is 11.9 Å². The van der Waals surface area contributed by atoms with Crippen LogP contribution in [0.25, 0.3) is 0 Å². The Morgan fingerprint density at radius 1 is 0.593 bits per heavy atom.